The molecule has 21 heavy (non-hydrogen) atoms. The molecule has 0 atom stereocenters. The molecule has 0 unspecified atom stereocenters. The molecular formula is C17H16F3N. The number of rotatable bonds is 3. The van der Waals surface area contributed by atoms with Gasteiger partial charge in [-0.1, -0.05) is 24.3 Å². The summed E-state index contributed by atoms with van der Waals surface area (Å²) < 4.78 is 39.6. The Morgan fingerprint density at radius 3 is 2.38 bits per heavy atom. The first-order valence-electron chi connectivity index (χ1n) is 7.02. The van der Waals surface area contributed by atoms with Gasteiger partial charge in [0.1, 0.15) is 0 Å². The molecule has 0 aromatic heterocycles. The van der Waals surface area contributed by atoms with Crippen molar-refractivity contribution in [2.24, 2.45) is 0 Å². The number of anilines is 1. The third-order valence-electron chi connectivity index (χ3n) is 4.16. The van der Waals surface area contributed by atoms with E-state index in [-0.39, 0.29) is 11.7 Å². The molecule has 0 aliphatic heterocycles. The second-order valence-electron chi connectivity index (χ2n) is 5.59. The van der Waals surface area contributed by atoms with E-state index in [2.05, 4.69) is 24.4 Å². The first-order chi connectivity index (χ1) is 10.1. The molecule has 1 aliphatic rings. The van der Waals surface area contributed by atoms with E-state index < -0.39 is 17.5 Å². The van der Waals surface area contributed by atoms with E-state index >= 15 is 0 Å². The zero-order valence-corrected chi connectivity index (χ0v) is 11.7. The molecule has 3 rings (SSSR count). The molecule has 1 N–H and O–H groups in total. The number of halogens is 3. The molecule has 110 valence electrons. The molecule has 4 heteroatoms. The van der Waals surface area contributed by atoms with Crippen LogP contribution in [0.4, 0.5) is 18.9 Å². The Morgan fingerprint density at radius 1 is 0.952 bits per heavy atom. The first kappa shape index (κ1) is 14.0. The Balaban J connectivity index is 1.66. The third kappa shape index (κ3) is 2.62. The van der Waals surface area contributed by atoms with Crippen molar-refractivity contribution in [3.8, 4) is 0 Å². The standard InChI is InChI=1S/C17H16F3N/c1-10-4-2-3-5-13(10)11-8-12(9-11)21-15-7-6-14(18)16(19)17(15)20/h2-7,11-12,21H,8-9H2,1H3. The van der Waals surface area contributed by atoms with Crippen LogP contribution in [0.1, 0.15) is 29.9 Å². The van der Waals surface area contributed by atoms with Crippen molar-refractivity contribution in [2.45, 2.75) is 31.7 Å². The van der Waals surface area contributed by atoms with E-state index in [1.807, 2.05) is 12.1 Å². The summed E-state index contributed by atoms with van der Waals surface area (Å²) in [6.45, 7) is 2.07. The van der Waals surface area contributed by atoms with Crippen molar-refractivity contribution in [3.05, 3.63) is 65.0 Å². The Hall–Kier alpha value is -1.97. The summed E-state index contributed by atoms with van der Waals surface area (Å²) in [5.74, 6) is -3.29. The lowest BCUT2D eigenvalue weighted by molar-refractivity contribution is 0.370. The second-order valence-corrected chi connectivity index (χ2v) is 5.59. The van der Waals surface area contributed by atoms with Gasteiger partial charge in [-0.15, -0.1) is 0 Å². The van der Waals surface area contributed by atoms with Gasteiger partial charge in [0, 0.05) is 6.04 Å². The summed E-state index contributed by atoms with van der Waals surface area (Å²) >= 11 is 0. The minimum atomic E-state index is -1.42. The Bertz CT molecular complexity index is 663. The average molecular weight is 291 g/mol. The smallest absolute Gasteiger partial charge is 0.196 e. The Labute approximate surface area is 121 Å². The molecule has 1 aliphatic carbocycles. The van der Waals surface area contributed by atoms with Crippen LogP contribution in [0, 0.1) is 24.4 Å². The highest BCUT2D eigenvalue weighted by Gasteiger charge is 2.31. The lowest BCUT2D eigenvalue weighted by Gasteiger charge is -2.37. The first-order valence-corrected chi connectivity index (χ1v) is 7.02. The van der Waals surface area contributed by atoms with Gasteiger partial charge in [-0.05, 0) is 48.9 Å². The van der Waals surface area contributed by atoms with Crippen LogP contribution in [-0.4, -0.2) is 6.04 Å². The van der Waals surface area contributed by atoms with Gasteiger partial charge in [-0.3, -0.25) is 0 Å². The highest BCUT2D eigenvalue weighted by atomic mass is 19.2. The summed E-state index contributed by atoms with van der Waals surface area (Å²) in [7, 11) is 0. The van der Waals surface area contributed by atoms with E-state index in [0.29, 0.717) is 5.92 Å². The largest absolute Gasteiger partial charge is 0.380 e. The normalized spacial score (nSPS) is 21.0. The molecule has 0 spiro atoms. The number of aryl methyl sites for hydroxylation is 1. The fourth-order valence-corrected chi connectivity index (χ4v) is 2.89. The van der Waals surface area contributed by atoms with Crippen LogP contribution >= 0.6 is 0 Å². The van der Waals surface area contributed by atoms with E-state index in [9.17, 15) is 13.2 Å². The Kier molecular flexibility index (Phi) is 3.62. The van der Waals surface area contributed by atoms with Crippen molar-refractivity contribution in [3.63, 3.8) is 0 Å². The van der Waals surface area contributed by atoms with Gasteiger partial charge < -0.3 is 5.32 Å². The van der Waals surface area contributed by atoms with Gasteiger partial charge in [0.25, 0.3) is 0 Å². The quantitative estimate of drug-likeness (QED) is 0.803. The lowest BCUT2D eigenvalue weighted by atomic mass is 9.74. The topological polar surface area (TPSA) is 12.0 Å². The molecule has 1 nitrogen and oxygen atoms in total. The number of nitrogens with one attached hydrogen (secondary N) is 1. The van der Waals surface area contributed by atoms with Crippen molar-refractivity contribution >= 4 is 5.69 Å². The van der Waals surface area contributed by atoms with Gasteiger partial charge in [0.05, 0.1) is 5.69 Å². The predicted molar refractivity (Wildman–Crippen MR) is 76.9 cm³/mol. The minimum Gasteiger partial charge on any atom is -0.380 e. The number of benzene rings is 2. The fraction of sp³-hybridized carbons (Fsp3) is 0.294. The summed E-state index contributed by atoms with van der Waals surface area (Å²) in [5.41, 5.74) is 2.59. The van der Waals surface area contributed by atoms with E-state index in [0.717, 1.165) is 18.9 Å². The fourth-order valence-electron chi connectivity index (χ4n) is 2.89. The predicted octanol–water partition coefficient (Wildman–Crippen LogP) is 4.77. The van der Waals surface area contributed by atoms with Gasteiger partial charge >= 0.3 is 0 Å². The highest BCUT2D eigenvalue weighted by molar-refractivity contribution is 5.47. The van der Waals surface area contributed by atoms with Gasteiger partial charge in [-0.25, -0.2) is 13.2 Å². The second kappa shape index (κ2) is 5.43. The molecular weight excluding hydrogens is 275 g/mol. The number of hydrogen-bond acceptors (Lipinski definition) is 1. The van der Waals surface area contributed by atoms with Gasteiger partial charge in [0.2, 0.25) is 0 Å². The maximum Gasteiger partial charge on any atom is 0.196 e. The average Bonchev–Trinajstić information content (AvgIpc) is 2.43. The summed E-state index contributed by atoms with van der Waals surface area (Å²) in [6.07, 6.45) is 1.73. The zero-order valence-electron chi connectivity index (χ0n) is 11.7. The molecule has 0 radical (unpaired) electrons. The zero-order chi connectivity index (χ0) is 15.0. The van der Waals surface area contributed by atoms with Gasteiger partial charge in [0.15, 0.2) is 17.5 Å². The van der Waals surface area contributed by atoms with Crippen molar-refractivity contribution in [1.82, 2.24) is 0 Å². The molecule has 2 aromatic rings. The van der Waals surface area contributed by atoms with Crippen LogP contribution < -0.4 is 5.32 Å². The number of hydrogen-bond donors (Lipinski definition) is 1. The Morgan fingerprint density at radius 2 is 1.67 bits per heavy atom. The maximum absolute atomic E-state index is 13.6. The molecule has 0 saturated heterocycles. The SMILES string of the molecule is Cc1ccccc1C1CC(Nc2ccc(F)c(F)c2F)C1. The molecule has 0 heterocycles. The lowest BCUT2D eigenvalue weighted by Crippen LogP contribution is -2.34. The summed E-state index contributed by atoms with van der Waals surface area (Å²) in [4.78, 5) is 0. The maximum atomic E-state index is 13.6. The monoisotopic (exact) mass is 291 g/mol. The van der Waals surface area contributed by atoms with Crippen molar-refractivity contribution < 1.29 is 13.2 Å². The van der Waals surface area contributed by atoms with Crippen molar-refractivity contribution in [1.29, 1.82) is 0 Å². The van der Waals surface area contributed by atoms with E-state index in [1.165, 1.54) is 17.2 Å². The van der Waals surface area contributed by atoms with Crippen LogP contribution in [-0.2, 0) is 0 Å². The molecule has 1 saturated carbocycles. The summed E-state index contributed by atoms with van der Waals surface area (Å²) in [5, 5.41) is 2.95. The van der Waals surface area contributed by atoms with Crippen molar-refractivity contribution in [2.75, 3.05) is 5.32 Å². The highest BCUT2D eigenvalue weighted by Crippen LogP contribution is 2.40. The molecule has 0 amide bonds. The third-order valence-corrected chi connectivity index (χ3v) is 4.16. The van der Waals surface area contributed by atoms with E-state index in [4.69, 9.17) is 0 Å². The van der Waals surface area contributed by atoms with Crippen LogP contribution in [0.3, 0.4) is 0 Å². The molecule has 1 fully saturated rings. The molecule has 2 aromatic carbocycles. The van der Waals surface area contributed by atoms with Gasteiger partial charge in [-0.2, -0.15) is 0 Å². The molecule has 0 bridgehead atoms. The van der Waals surface area contributed by atoms with Crippen LogP contribution in [0.15, 0.2) is 36.4 Å². The van der Waals surface area contributed by atoms with E-state index in [1.54, 1.807) is 0 Å². The summed E-state index contributed by atoms with van der Waals surface area (Å²) in [6, 6.07) is 10.5. The van der Waals surface area contributed by atoms with Crippen LogP contribution in [0.2, 0.25) is 0 Å². The van der Waals surface area contributed by atoms with Crippen LogP contribution in [0.5, 0.6) is 0 Å². The minimum absolute atomic E-state index is 0.0298. The van der Waals surface area contributed by atoms with Crippen LogP contribution in [0.25, 0.3) is 0 Å².